The zero-order chi connectivity index (χ0) is 18.0. The summed E-state index contributed by atoms with van der Waals surface area (Å²) in [5.74, 6) is -1.54. The van der Waals surface area contributed by atoms with Crippen molar-refractivity contribution < 1.29 is 23.9 Å². The van der Waals surface area contributed by atoms with Gasteiger partial charge in [0.25, 0.3) is 0 Å². The van der Waals surface area contributed by atoms with Crippen LogP contribution in [0, 0.1) is 11.7 Å². The van der Waals surface area contributed by atoms with Crippen molar-refractivity contribution in [2.45, 2.75) is 31.7 Å². The van der Waals surface area contributed by atoms with Crippen molar-refractivity contribution in [3.8, 4) is 0 Å². The number of halogens is 1. The van der Waals surface area contributed by atoms with E-state index >= 15 is 0 Å². The summed E-state index contributed by atoms with van der Waals surface area (Å²) in [5, 5.41) is 11.4. The molecule has 2 aliphatic rings. The number of thioether (sulfide) groups is 1. The maximum atomic E-state index is 13.9. The lowest BCUT2D eigenvalue weighted by molar-refractivity contribution is -0.139. The number of nitrogens with zero attached hydrogens (tertiary/aromatic N) is 1. The third kappa shape index (κ3) is 3.78. The van der Waals surface area contributed by atoms with Crippen LogP contribution in [0.15, 0.2) is 18.2 Å². The van der Waals surface area contributed by atoms with E-state index < -0.39 is 23.7 Å². The van der Waals surface area contributed by atoms with Crippen LogP contribution in [0.3, 0.4) is 0 Å². The quantitative estimate of drug-likeness (QED) is 0.855. The molecule has 1 atom stereocenters. The molecule has 1 saturated heterocycles. The van der Waals surface area contributed by atoms with E-state index in [0.29, 0.717) is 11.6 Å². The SMILES string of the molecule is O=C(O)c1ccc(F)c(NC(=O)C2CSCN2C(=O)C2CCCC2)c1. The predicted molar refractivity (Wildman–Crippen MR) is 91.9 cm³/mol. The first kappa shape index (κ1) is 17.7. The largest absolute Gasteiger partial charge is 0.478 e. The van der Waals surface area contributed by atoms with Gasteiger partial charge in [0.05, 0.1) is 17.1 Å². The monoisotopic (exact) mass is 366 g/mol. The molecule has 3 rings (SSSR count). The van der Waals surface area contributed by atoms with Gasteiger partial charge in [-0.15, -0.1) is 11.8 Å². The standard InChI is InChI=1S/C17H19FN2O4S/c18-12-6-5-11(17(23)24)7-13(12)19-15(21)14-8-25-9-20(14)16(22)10-3-1-2-4-10/h5-7,10,14H,1-4,8-9H2,(H,19,21)(H,23,24). The Hall–Kier alpha value is -2.09. The molecule has 2 fully saturated rings. The van der Waals surface area contributed by atoms with Crippen LogP contribution in [-0.4, -0.2) is 45.5 Å². The highest BCUT2D eigenvalue weighted by molar-refractivity contribution is 7.99. The minimum Gasteiger partial charge on any atom is -0.478 e. The Kier molecular flexibility index (Phi) is 5.27. The molecule has 0 radical (unpaired) electrons. The summed E-state index contributed by atoms with van der Waals surface area (Å²) in [7, 11) is 0. The van der Waals surface area contributed by atoms with Crippen molar-refractivity contribution in [3.05, 3.63) is 29.6 Å². The minimum atomic E-state index is -1.20. The second-order valence-corrected chi connectivity index (χ2v) is 7.29. The fourth-order valence-electron chi connectivity index (χ4n) is 3.25. The molecular formula is C17H19FN2O4S. The number of amides is 2. The highest BCUT2D eigenvalue weighted by Crippen LogP contribution is 2.31. The molecule has 134 valence electrons. The summed E-state index contributed by atoms with van der Waals surface area (Å²) in [6.07, 6.45) is 3.76. The van der Waals surface area contributed by atoms with Crippen molar-refractivity contribution in [1.82, 2.24) is 4.90 Å². The van der Waals surface area contributed by atoms with Gasteiger partial charge in [0.2, 0.25) is 11.8 Å². The van der Waals surface area contributed by atoms with Gasteiger partial charge in [-0.25, -0.2) is 9.18 Å². The van der Waals surface area contributed by atoms with E-state index in [1.807, 2.05) is 0 Å². The number of anilines is 1. The molecule has 1 saturated carbocycles. The molecule has 0 spiro atoms. The van der Waals surface area contributed by atoms with E-state index in [1.54, 1.807) is 4.90 Å². The molecule has 0 aromatic heterocycles. The lowest BCUT2D eigenvalue weighted by Gasteiger charge is -2.25. The van der Waals surface area contributed by atoms with E-state index in [-0.39, 0.29) is 23.1 Å². The number of hydrogen-bond donors (Lipinski definition) is 2. The van der Waals surface area contributed by atoms with Gasteiger partial charge in [0, 0.05) is 11.7 Å². The number of benzene rings is 1. The second-order valence-electron chi connectivity index (χ2n) is 6.29. The number of hydrogen-bond acceptors (Lipinski definition) is 4. The van der Waals surface area contributed by atoms with Crippen LogP contribution in [0.25, 0.3) is 0 Å². The Morgan fingerprint density at radius 1 is 1.24 bits per heavy atom. The number of nitrogens with one attached hydrogen (secondary N) is 1. The maximum Gasteiger partial charge on any atom is 0.335 e. The highest BCUT2D eigenvalue weighted by atomic mass is 32.2. The molecule has 1 aliphatic heterocycles. The van der Waals surface area contributed by atoms with Crippen LogP contribution in [0.4, 0.5) is 10.1 Å². The highest BCUT2D eigenvalue weighted by Gasteiger charge is 2.38. The first-order valence-corrected chi connectivity index (χ1v) is 9.35. The average Bonchev–Trinajstić information content (AvgIpc) is 3.27. The summed E-state index contributed by atoms with van der Waals surface area (Å²) in [6, 6.07) is 2.56. The summed E-state index contributed by atoms with van der Waals surface area (Å²) in [6.45, 7) is 0. The Balaban J connectivity index is 1.73. The number of carboxylic acids is 1. The molecule has 6 nitrogen and oxygen atoms in total. The van der Waals surface area contributed by atoms with Crippen LogP contribution in [0.1, 0.15) is 36.0 Å². The number of carbonyl (C=O) groups excluding carboxylic acids is 2. The van der Waals surface area contributed by atoms with Crippen molar-refractivity contribution in [2.75, 3.05) is 16.9 Å². The molecule has 1 aromatic carbocycles. The van der Waals surface area contributed by atoms with Gasteiger partial charge >= 0.3 is 5.97 Å². The van der Waals surface area contributed by atoms with Gasteiger partial charge in [-0.1, -0.05) is 12.8 Å². The van der Waals surface area contributed by atoms with Gasteiger partial charge in [-0.05, 0) is 31.0 Å². The Morgan fingerprint density at radius 3 is 2.64 bits per heavy atom. The molecule has 1 heterocycles. The molecule has 1 aromatic rings. The average molecular weight is 366 g/mol. The van der Waals surface area contributed by atoms with Crippen LogP contribution in [0.2, 0.25) is 0 Å². The Morgan fingerprint density at radius 2 is 1.96 bits per heavy atom. The zero-order valence-electron chi connectivity index (χ0n) is 13.5. The molecule has 2 N–H and O–H groups in total. The lowest BCUT2D eigenvalue weighted by atomic mass is 10.1. The van der Waals surface area contributed by atoms with Crippen molar-refractivity contribution in [2.24, 2.45) is 5.92 Å². The molecule has 0 bridgehead atoms. The van der Waals surface area contributed by atoms with Crippen molar-refractivity contribution in [1.29, 1.82) is 0 Å². The third-order valence-corrected chi connectivity index (χ3v) is 5.66. The number of aromatic carboxylic acids is 1. The third-order valence-electron chi connectivity index (χ3n) is 4.64. The molecule has 25 heavy (non-hydrogen) atoms. The molecule has 1 unspecified atom stereocenters. The molecule has 2 amide bonds. The zero-order valence-corrected chi connectivity index (χ0v) is 14.4. The predicted octanol–water partition coefficient (Wildman–Crippen LogP) is 2.55. The smallest absolute Gasteiger partial charge is 0.335 e. The normalized spacial score (nSPS) is 20.7. The van der Waals surface area contributed by atoms with Gasteiger partial charge in [-0.3, -0.25) is 9.59 Å². The van der Waals surface area contributed by atoms with E-state index in [2.05, 4.69) is 5.32 Å². The van der Waals surface area contributed by atoms with Crippen LogP contribution >= 0.6 is 11.8 Å². The minimum absolute atomic E-state index is 0.0117. The van der Waals surface area contributed by atoms with Crippen LogP contribution in [-0.2, 0) is 9.59 Å². The second kappa shape index (κ2) is 7.43. The first-order valence-electron chi connectivity index (χ1n) is 8.19. The number of carbonyl (C=O) groups is 3. The van der Waals surface area contributed by atoms with Crippen LogP contribution < -0.4 is 5.32 Å². The number of rotatable bonds is 4. The Labute approximate surface area is 148 Å². The number of carboxylic acid groups (broad SMARTS) is 1. The lowest BCUT2D eigenvalue weighted by Crippen LogP contribution is -2.46. The van der Waals surface area contributed by atoms with E-state index in [0.717, 1.165) is 43.9 Å². The van der Waals surface area contributed by atoms with Gasteiger partial charge in [-0.2, -0.15) is 0 Å². The Bertz CT molecular complexity index is 706. The summed E-state index contributed by atoms with van der Waals surface area (Å²) < 4.78 is 13.9. The van der Waals surface area contributed by atoms with Gasteiger partial charge < -0.3 is 15.3 Å². The van der Waals surface area contributed by atoms with Gasteiger partial charge in [0.1, 0.15) is 11.9 Å². The topological polar surface area (TPSA) is 86.7 Å². The van der Waals surface area contributed by atoms with Crippen molar-refractivity contribution in [3.63, 3.8) is 0 Å². The summed E-state index contributed by atoms with van der Waals surface area (Å²) >= 11 is 1.48. The van der Waals surface area contributed by atoms with E-state index in [9.17, 15) is 18.8 Å². The fraction of sp³-hybridized carbons (Fsp3) is 0.471. The fourth-order valence-corrected chi connectivity index (χ4v) is 4.42. The summed E-state index contributed by atoms with van der Waals surface area (Å²) in [4.78, 5) is 37.7. The first-order chi connectivity index (χ1) is 12.0. The molecular weight excluding hydrogens is 347 g/mol. The van der Waals surface area contributed by atoms with Gasteiger partial charge in [0.15, 0.2) is 0 Å². The molecule has 8 heteroatoms. The van der Waals surface area contributed by atoms with Crippen LogP contribution in [0.5, 0.6) is 0 Å². The van der Waals surface area contributed by atoms with E-state index in [1.165, 1.54) is 11.8 Å². The van der Waals surface area contributed by atoms with Crippen molar-refractivity contribution >= 4 is 35.2 Å². The molecule has 1 aliphatic carbocycles. The summed E-state index contributed by atoms with van der Waals surface area (Å²) in [5.41, 5.74) is -0.300. The maximum absolute atomic E-state index is 13.9. The van der Waals surface area contributed by atoms with E-state index in [4.69, 9.17) is 5.11 Å².